The molecule has 0 amide bonds. The summed E-state index contributed by atoms with van der Waals surface area (Å²) in [5, 5.41) is 0. The first-order valence-electron chi connectivity index (χ1n) is 5.60. The van der Waals surface area contributed by atoms with Gasteiger partial charge in [-0.25, -0.2) is 9.18 Å². The summed E-state index contributed by atoms with van der Waals surface area (Å²) in [4.78, 5) is 11.3. The van der Waals surface area contributed by atoms with Gasteiger partial charge in [0, 0.05) is 0 Å². The van der Waals surface area contributed by atoms with E-state index in [1.165, 1.54) is 0 Å². The fourth-order valence-corrected chi connectivity index (χ4v) is 1.74. The summed E-state index contributed by atoms with van der Waals surface area (Å²) in [6.07, 6.45) is -1.82. The molecule has 0 aliphatic carbocycles. The summed E-state index contributed by atoms with van der Waals surface area (Å²) in [7, 11) is 0. The van der Waals surface area contributed by atoms with E-state index < -0.39 is 18.2 Å². The van der Waals surface area contributed by atoms with Gasteiger partial charge in [0.2, 0.25) is 6.17 Å². The van der Waals surface area contributed by atoms with Crippen molar-refractivity contribution < 1.29 is 13.9 Å². The van der Waals surface area contributed by atoms with Crippen LogP contribution in [0, 0.1) is 13.8 Å². The van der Waals surface area contributed by atoms with Crippen molar-refractivity contribution in [1.29, 1.82) is 0 Å². The summed E-state index contributed by atoms with van der Waals surface area (Å²) in [5.74, 6) is -0.904. The average Bonchev–Trinajstić information content (AvgIpc) is 2.26. The van der Waals surface area contributed by atoms with Crippen LogP contribution in [0.3, 0.4) is 0 Å². The van der Waals surface area contributed by atoms with E-state index in [4.69, 9.17) is 5.73 Å². The van der Waals surface area contributed by atoms with Gasteiger partial charge in [0.15, 0.2) is 0 Å². The van der Waals surface area contributed by atoms with Gasteiger partial charge in [-0.05, 0) is 26.3 Å². The van der Waals surface area contributed by atoms with E-state index in [2.05, 4.69) is 4.74 Å². The number of ether oxygens (including phenoxy) is 1. The van der Waals surface area contributed by atoms with Gasteiger partial charge >= 0.3 is 5.97 Å². The maximum atomic E-state index is 13.7. The molecule has 0 fully saturated rings. The van der Waals surface area contributed by atoms with Crippen LogP contribution in [0.4, 0.5) is 4.39 Å². The molecule has 0 spiro atoms. The van der Waals surface area contributed by atoms with Gasteiger partial charge in [-0.2, -0.15) is 0 Å². The number of esters is 1. The van der Waals surface area contributed by atoms with Gasteiger partial charge in [-0.1, -0.05) is 29.3 Å². The third-order valence-corrected chi connectivity index (χ3v) is 2.46. The fourth-order valence-electron chi connectivity index (χ4n) is 1.74. The number of rotatable bonds is 4. The molecule has 0 heterocycles. The fraction of sp³-hybridized carbons (Fsp3) is 0.462. The molecule has 18 heavy (non-hydrogen) atoms. The molecule has 0 bridgehead atoms. The molecular formula is C13H19ClFNO2. The van der Waals surface area contributed by atoms with Crippen LogP contribution in [0.15, 0.2) is 18.2 Å². The first-order valence-corrected chi connectivity index (χ1v) is 5.60. The van der Waals surface area contributed by atoms with Crippen molar-refractivity contribution in [2.24, 2.45) is 5.73 Å². The molecule has 0 saturated carbocycles. The lowest BCUT2D eigenvalue weighted by molar-refractivity contribution is -0.149. The number of carbonyl (C=O) groups excluding carboxylic acids is 1. The van der Waals surface area contributed by atoms with Crippen molar-refractivity contribution in [2.45, 2.75) is 33.0 Å². The van der Waals surface area contributed by atoms with Crippen LogP contribution >= 0.6 is 12.4 Å². The number of carbonyl (C=O) groups is 1. The highest BCUT2D eigenvalue weighted by Crippen LogP contribution is 2.20. The Labute approximate surface area is 113 Å². The van der Waals surface area contributed by atoms with E-state index in [1.54, 1.807) is 19.1 Å². The number of hydrogen-bond acceptors (Lipinski definition) is 3. The topological polar surface area (TPSA) is 52.3 Å². The molecule has 0 aliphatic rings. The highest BCUT2D eigenvalue weighted by molar-refractivity contribution is 5.85. The Kier molecular flexibility index (Phi) is 6.88. The van der Waals surface area contributed by atoms with Crippen molar-refractivity contribution in [2.75, 3.05) is 6.61 Å². The SMILES string of the molecule is CCOC(=O)C(F)[C@@H](N)c1cc(C)cc(C)c1.Cl. The standard InChI is InChI=1S/C13H18FNO2.ClH/c1-4-17-13(16)11(14)12(15)10-6-8(2)5-9(3)7-10;/h5-7,11-12H,4,15H2,1-3H3;1H/t11?,12-;/m0./s1. The Morgan fingerprint density at radius 1 is 1.33 bits per heavy atom. The molecule has 2 atom stereocenters. The summed E-state index contributed by atoms with van der Waals surface area (Å²) in [5.41, 5.74) is 8.33. The first-order chi connectivity index (χ1) is 7.95. The van der Waals surface area contributed by atoms with Crippen LogP contribution in [0.5, 0.6) is 0 Å². The van der Waals surface area contributed by atoms with Crippen LogP contribution in [-0.2, 0) is 9.53 Å². The van der Waals surface area contributed by atoms with Crippen molar-refractivity contribution in [3.8, 4) is 0 Å². The Bertz CT molecular complexity index is 392. The van der Waals surface area contributed by atoms with E-state index in [1.807, 2.05) is 19.9 Å². The van der Waals surface area contributed by atoms with Gasteiger partial charge in [-0.3, -0.25) is 0 Å². The second kappa shape index (κ2) is 7.34. The molecule has 1 aromatic rings. The Balaban J connectivity index is 0.00000289. The first kappa shape index (κ1) is 16.9. The van der Waals surface area contributed by atoms with E-state index in [0.29, 0.717) is 5.56 Å². The lowest BCUT2D eigenvalue weighted by Gasteiger charge is -2.17. The lowest BCUT2D eigenvalue weighted by Crippen LogP contribution is -2.31. The third-order valence-electron chi connectivity index (χ3n) is 2.46. The zero-order valence-corrected chi connectivity index (χ0v) is 11.6. The normalized spacial score (nSPS) is 13.4. The summed E-state index contributed by atoms with van der Waals surface area (Å²) < 4.78 is 18.3. The predicted molar refractivity (Wildman–Crippen MR) is 71.6 cm³/mol. The molecule has 1 aromatic carbocycles. The predicted octanol–water partition coefficient (Wildman–Crippen LogP) is 2.63. The molecule has 102 valence electrons. The van der Waals surface area contributed by atoms with Crippen LogP contribution in [0.2, 0.25) is 0 Å². The van der Waals surface area contributed by atoms with Crippen molar-refractivity contribution >= 4 is 18.4 Å². The zero-order chi connectivity index (χ0) is 13.0. The smallest absolute Gasteiger partial charge is 0.342 e. The van der Waals surface area contributed by atoms with Crippen LogP contribution in [-0.4, -0.2) is 18.7 Å². The van der Waals surface area contributed by atoms with Gasteiger partial charge < -0.3 is 10.5 Å². The maximum Gasteiger partial charge on any atom is 0.342 e. The number of nitrogens with two attached hydrogens (primary N) is 1. The van der Waals surface area contributed by atoms with E-state index in [-0.39, 0.29) is 19.0 Å². The minimum atomic E-state index is -1.82. The molecular weight excluding hydrogens is 257 g/mol. The monoisotopic (exact) mass is 275 g/mol. The van der Waals surface area contributed by atoms with Gasteiger partial charge in [-0.15, -0.1) is 12.4 Å². The van der Waals surface area contributed by atoms with Crippen LogP contribution < -0.4 is 5.73 Å². The van der Waals surface area contributed by atoms with E-state index in [0.717, 1.165) is 11.1 Å². The third kappa shape index (κ3) is 4.27. The second-order valence-corrected chi connectivity index (χ2v) is 4.10. The quantitative estimate of drug-likeness (QED) is 0.860. The molecule has 1 unspecified atom stereocenters. The molecule has 0 saturated heterocycles. The number of aryl methyl sites for hydroxylation is 2. The van der Waals surface area contributed by atoms with Crippen LogP contribution in [0.25, 0.3) is 0 Å². The number of alkyl halides is 1. The zero-order valence-electron chi connectivity index (χ0n) is 10.8. The Hall–Kier alpha value is -1.13. The van der Waals surface area contributed by atoms with Gasteiger partial charge in [0.1, 0.15) is 0 Å². The summed E-state index contributed by atoms with van der Waals surface area (Å²) in [6.45, 7) is 5.59. The molecule has 2 N–H and O–H groups in total. The maximum absolute atomic E-state index is 13.7. The largest absolute Gasteiger partial charge is 0.464 e. The summed E-state index contributed by atoms with van der Waals surface area (Å²) in [6, 6.07) is 4.55. The van der Waals surface area contributed by atoms with Crippen LogP contribution in [0.1, 0.15) is 29.7 Å². The minimum absolute atomic E-state index is 0. The number of halogens is 2. The van der Waals surface area contributed by atoms with Crippen molar-refractivity contribution in [3.05, 3.63) is 34.9 Å². The lowest BCUT2D eigenvalue weighted by atomic mass is 9.99. The van der Waals surface area contributed by atoms with E-state index >= 15 is 0 Å². The minimum Gasteiger partial charge on any atom is -0.464 e. The summed E-state index contributed by atoms with van der Waals surface area (Å²) >= 11 is 0. The molecule has 0 aromatic heterocycles. The second-order valence-electron chi connectivity index (χ2n) is 4.10. The van der Waals surface area contributed by atoms with Crippen molar-refractivity contribution in [1.82, 2.24) is 0 Å². The molecule has 0 radical (unpaired) electrons. The molecule has 1 rings (SSSR count). The Morgan fingerprint density at radius 2 is 1.83 bits per heavy atom. The number of hydrogen-bond donors (Lipinski definition) is 1. The van der Waals surface area contributed by atoms with Crippen molar-refractivity contribution in [3.63, 3.8) is 0 Å². The number of benzene rings is 1. The molecule has 3 nitrogen and oxygen atoms in total. The average molecular weight is 276 g/mol. The van der Waals surface area contributed by atoms with E-state index in [9.17, 15) is 9.18 Å². The van der Waals surface area contributed by atoms with Gasteiger partial charge in [0.05, 0.1) is 12.6 Å². The molecule has 0 aliphatic heterocycles. The highest BCUT2D eigenvalue weighted by Gasteiger charge is 2.27. The van der Waals surface area contributed by atoms with Gasteiger partial charge in [0.25, 0.3) is 0 Å². The molecule has 5 heteroatoms. The Morgan fingerprint density at radius 3 is 2.28 bits per heavy atom. The highest BCUT2D eigenvalue weighted by atomic mass is 35.5.